The van der Waals surface area contributed by atoms with E-state index in [9.17, 15) is 10.1 Å². The summed E-state index contributed by atoms with van der Waals surface area (Å²) in [5.41, 5.74) is 7.49. The highest BCUT2D eigenvalue weighted by molar-refractivity contribution is 5.81. The number of nitrogens with zero attached hydrogens (tertiary/aromatic N) is 3. The summed E-state index contributed by atoms with van der Waals surface area (Å²) in [7, 11) is 0. The fraction of sp³-hybridized carbons (Fsp3) is 0.0909. The van der Waals surface area contributed by atoms with Gasteiger partial charge in [0.15, 0.2) is 5.43 Å². The van der Waals surface area contributed by atoms with E-state index in [0.29, 0.717) is 22.3 Å². The summed E-state index contributed by atoms with van der Waals surface area (Å²) in [4.78, 5) is 21.3. The largest absolute Gasteiger partial charge is 0.455 e. The van der Waals surface area contributed by atoms with Gasteiger partial charge >= 0.3 is 0 Å². The Morgan fingerprint density at radius 2 is 1.86 bits per heavy atom. The number of nitrogen functional groups attached to an aromatic ring is 1. The van der Waals surface area contributed by atoms with Gasteiger partial charge in [0.2, 0.25) is 5.95 Å². The van der Waals surface area contributed by atoms with Gasteiger partial charge in [-0.05, 0) is 19.1 Å². The Balaban J connectivity index is 1.90. The summed E-state index contributed by atoms with van der Waals surface area (Å²) < 4.78 is 6.14. The number of hydrogen-bond donors (Lipinski definition) is 2. The van der Waals surface area contributed by atoms with Crippen LogP contribution < -0.4 is 16.5 Å². The number of benzene rings is 2. The van der Waals surface area contributed by atoms with Gasteiger partial charge in [-0.25, -0.2) is 4.98 Å². The van der Waals surface area contributed by atoms with E-state index < -0.39 is 6.04 Å². The Morgan fingerprint density at radius 3 is 2.62 bits per heavy atom. The molecule has 4 aromatic rings. The van der Waals surface area contributed by atoms with E-state index in [-0.39, 0.29) is 22.8 Å². The number of nitrogens with two attached hydrogens (primary N) is 1. The van der Waals surface area contributed by atoms with Crippen LogP contribution >= 0.6 is 0 Å². The predicted molar refractivity (Wildman–Crippen MR) is 111 cm³/mol. The Labute approximate surface area is 166 Å². The quantitative estimate of drug-likeness (QED) is 0.549. The maximum Gasteiger partial charge on any atom is 0.222 e. The number of aromatic nitrogens is 2. The number of para-hydroxylation sites is 1. The zero-order chi connectivity index (χ0) is 20.4. The Kier molecular flexibility index (Phi) is 4.67. The normalized spacial score (nSPS) is 11.7. The molecule has 0 aliphatic heterocycles. The highest BCUT2D eigenvalue weighted by atomic mass is 16.3. The molecule has 0 amide bonds. The van der Waals surface area contributed by atoms with Crippen molar-refractivity contribution in [3.63, 3.8) is 0 Å². The second-order valence-electron chi connectivity index (χ2n) is 6.50. The van der Waals surface area contributed by atoms with Crippen molar-refractivity contribution in [2.75, 3.05) is 11.1 Å². The van der Waals surface area contributed by atoms with Crippen LogP contribution in [0.25, 0.3) is 22.3 Å². The van der Waals surface area contributed by atoms with Crippen molar-refractivity contribution in [2.24, 2.45) is 0 Å². The van der Waals surface area contributed by atoms with Crippen LogP contribution in [0.5, 0.6) is 0 Å². The first-order valence-electron chi connectivity index (χ1n) is 8.99. The fourth-order valence-electron chi connectivity index (χ4n) is 3.22. The molecular formula is C22H17N5O2. The number of nitriles is 1. The molecule has 0 aliphatic rings. The number of nitrogens with one attached hydrogen (secondary N) is 1. The van der Waals surface area contributed by atoms with Crippen LogP contribution in [0.15, 0.2) is 70.0 Å². The molecule has 2 aromatic heterocycles. The van der Waals surface area contributed by atoms with Gasteiger partial charge in [0, 0.05) is 5.56 Å². The first kappa shape index (κ1) is 18.2. The molecule has 1 atom stereocenters. The lowest BCUT2D eigenvalue weighted by Crippen LogP contribution is -2.20. The molecule has 2 heterocycles. The number of hydrogen-bond acceptors (Lipinski definition) is 7. The summed E-state index contributed by atoms with van der Waals surface area (Å²) in [6.45, 7) is 1.81. The second-order valence-corrected chi connectivity index (χ2v) is 6.50. The van der Waals surface area contributed by atoms with Crippen molar-refractivity contribution in [3.8, 4) is 17.4 Å². The minimum atomic E-state index is -0.507. The van der Waals surface area contributed by atoms with Crippen molar-refractivity contribution < 1.29 is 4.42 Å². The van der Waals surface area contributed by atoms with Crippen molar-refractivity contribution in [1.82, 2.24) is 9.97 Å². The molecule has 0 aliphatic carbocycles. The van der Waals surface area contributed by atoms with Gasteiger partial charge < -0.3 is 15.5 Å². The van der Waals surface area contributed by atoms with Crippen LogP contribution in [0.3, 0.4) is 0 Å². The number of anilines is 2. The Hall–Kier alpha value is -4.18. The van der Waals surface area contributed by atoms with Crippen molar-refractivity contribution >= 4 is 22.7 Å². The third-order valence-corrected chi connectivity index (χ3v) is 4.58. The molecule has 142 valence electrons. The summed E-state index contributed by atoms with van der Waals surface area (Å²) in [5, 5.41) is 12.9. The molecular weight excluding hydrogens is 366 g/mol. The van der Waals surface area contributed by atoms with E-state index in [1.807, 2.05) is 49.4 Å². The van der Waals surface area contributed by atoms with Crippen LogP contribution in [0, 0.1) is 11.3 Å². The van der Waals surface area contributed by atoms with Gasteiger partial charge in [-0.3, -0.25) is 4.79 Å². The molecule has 0 saturated heterocycles. The van der Waals surface area contributed by atoms with Crippen molar-refractivity contribution in [3.05, 3.63) is 82.1 Å². The SMILES string of the molecule is CC(Nc1nc(N)ncc1C#N)c1c(-c2ccccc2)oc2ccccc2c1=O. The highest BCUT2D eigenvalue weighted by Crippen LogP contribution is 2.31. The van der Waals surface area contributed by atoms with E-state index in [1.165, 1.54) is 6.20 Å². The van der Waals surface area contributed by atoms with Gasteiger partial charge in [-0.2, -0.15) is 10.2 Å². The van der Waals surface area contributed by atoms with Gasteiger partial charge in [-0.15, -0.1) is 0 Å². The smallest absolute Gasteiger partial charge is 0.222 e. The number of fused-ring (bicyclic) bond motifs is 1. The van der Waals surface area contributed by atoms with Crippen LogP contribution in [-0.2, 0) is 0 Å². The summed E-state index contributed by atoms with van der Waals surface area (Å²) >= 11 is 0. The van der Waals surface area contributed by atoms with E-state index in [4.69, 9.17) is 10.2 Å². The lowest BCUT2D eigenvalue weighted by molar-refractivity contribution is 0.604. The molecule has 7 heteroatoms. The third kappa shape index (κ3) is 3.39. The van der Waals surface area contributed by atoms with Crippen LogP contribution in [0.2, 0.25) is 0 Å². The predicted octanol–water partition coefficient (Wildman–Crippen LogP) is 3.88. The minimum absolute atomic E-state index is 0.0347. The molecule has 1 unspecified atom stereocenters. The Morgan fingerprint density at radius 1 is 1.14 bits per heavy atom. The van der Waals surface area contributed by atoms with Crippen LogP contribution in [-0.4, -0.2) is 9.97 Å². The zero-order valence-corrected chi connectivity index (χ0v) is 15.6. The molecule has 2 aromatic carbocycles. The maximum absolute atomic E-state index is 13.4. The fourth-order valence-corrected chi connectivity index (χ4v) is 3.22. The van der Waals surface area contributed by atoms with Crippen molar-refractivity contribution in [2.45, 2.75) is 13.0 Å². The molecule has 29 heavy (non-hydrogen) atoms. The van der Waals surface area contributed by atoms with E-state index >= 15 is 0 Å². The average molecular weight is 383 g/mol. The minimum Gasteiger partial charge on any atom is -0.455 e. The zero-order valence-electron chi connectivity index (χ0n) is 15.6. The molecule has 0 spiro atoms. The van der Waals surface area contributed by atoms with Crippen LogP contribution in [0.4, 0.5) is 11.8 Å². The maximum atomic E-state index is 13.4. The molecule has 7 nitrogen and oxygen atoms in total. The first-order valence-corrected chi connectivity index (χ1v) is 8.99. The van der Waals surface area contributed by atoms with Gasteiger partial charge in [0.25, 0.3) is 0 Å². The first-order chi connectivity index (χ1) is 14.1. The topological polar surface area (TPSA) is 118 Å². The molecule has 0 saturated carbocycles. The van der Waals surface area contributed by atoms with Gasteiger partial charge in [-0.1, -0.05) is 42.5 Å². The van der Waals surface area contributed by atoms with Crippen LogP contribution in [0.1, 0.15) is 24.1 Å². The highest BCUT2D eigenvalue weighted by Gasteiger charge is 2.22. The summed E-state index contributed by atoms with van der Waals surface area (Å²) in [6, 6.07) is 18.1. The third-order valence-electron chi connectivity index (χ3n) is 4.58. The van der Waals surface area contributed by atoms with E-state index in [2.05, 4.69) is 15.3 Å². The standard InChI is InChI=1S/C22H17N5O2/c1-13(26-21-15(11-23)12-25-22(24)27-21)18-19(28)16-9-5-6-10-17(16)29-20(18)14-7-3-2-4-8-14/h2-10,12-13H,1H3,(H3,24,25,26,27). The summed E-state index contributed by atoms with van der Waals surface area (Å²) in [5.74, 6) is 0.765. The van der Waals surface area contributed by atoms with Gasteiger partial charge in [0.1, 0.15) is 28.8 Å². The van der Waals surface area contributed by atoms with E-state index in [0.717, 1.165) is 5.56 Å². The molecule has 0 radical (unpaired) electrons. The van der Waals surface area contributed by atoms with Crippen molar-refractivity contribution in [1.29, 1.82) is 5.26 Å². The molecule has 3 N–H and O–H groups in total. The lowest BCUT2D eigenvalue weighted by Gasteiger charge is -2.18. The second kappa shape index (κ2) is 7.44. The molecule has 0 fully saturated rings. The average Bonchev–Trinajstić information content (AvgIpc) is 2.74. The molecule has 4 rings (SSSR count). The Bertz CT molecular complexity index is 1290. The monoisotopic (exact) mass is 383 g/mol. The lowest BCUT2D eigenvalue weighted by atomic mass is 9.99. The number of rotatable bonds is 4. The van der Waals surface area contributed by atoms with Gasteiger partial charge in [0.05, 0.1) is 23.2 Å². The summed E-state index contributed by atoms with van der Waals surface area (Å²) in [6.07, 6.45) is 1.35. The van der Waals surface area contributed by atoms with E-state index in [1.54, 1.807) is 18.2 Å². The molecule has 0 bridgehead atoms.